The Morgan fingerprint density at radius 2 is 0.598 bits per heavy atom. The molecule has 2 atom stereocenters. The lowest BCUT2D eigenvalue weighted by Crippen LogP contribution is -2.29. The van der Waals surface area contributed by atoms with Gasteiger partial charge in [0.1, 0.15) is 6.61 Å². The third kappa shape index (κ3) is 73.2. The summed E-state index contributed by atoms with van der Waals surface area (Å²) in [6.07, 6.45) is 92.8. The zero-order valence-electron chi connectivity index (χ0n) is 58.0. The Bertz CT molecular complexity index is 1520. The molecular formula is C77H148NO8P. The van der Waals surface area contributed by atoms with Crippen LogP contribution in [0.4, 0.5) is 0 Å². The topological polar surface area (TPSA) is 134 Å². The lowest BCUT2D eigenvalue weighted by molar-refractivity contribution is -0.161. The fraction of sp³-hybridized carbons (Fsp3) is 0.896. The molecule has 2 unspecified atom stereocenters. The zero-order valence-corrected chi connectivity index (χ0v) is 58.9. The van der Waals surface area contributed by atoms with Gasteiger partial charge in [0.25, 0.3) is 0 Å². The first-order chi connectivity index (χ1) is 42.8. The summed E-state index contributed by atoms with van der Waals surface area (Å²) in [7, 11) is -4.39. The molecule has 9 nitrogen and oxygen atoms in total. The summed E-state index contributed by atoms with van der Waals surface area (Å²) in [5, 5.41) is 0. The van der Waals surface area contributed by atoms with E-state index in [0.29, 0.717) is 6.42 Å². The van der Waals surface area contributed by atoms with Crippen molar-refractivity contribution in [2.45, 2.75) is 418 Å². The van der Waals surface area contributed by atoms with Crippen molar-refractivity contribution in [3.05, 3.63) is 36.5 Å². The van der Waals surface area contributed by atoms with Gasteiger partial charge in [-0.15, -0.1) is 0 Å². The molecule has 0 aliphatic rings. The summed E-state index contributed by atoms with van der Waals surface area (Å²) in [5.41, 5.74) is 5.41. The molecule has 0 saturated heterocycles. The molecule has 0 aliphatic carbocycles. The summed E-state index contributed by atoms with van der Waals surface area (Å²) >= 11 is 0. The highest BCUT2D eigenvalue weighted by Crippen LogP contribution is 2.43. The molecule has 10 heteroatoms. The monoisotopic (exact) mass is 1250 g/mol. The second-order valence-electron chi connectivity index (χ2n) is 26.2. The van der Waals surface area contributed by atoms with Crippen molar-refractivity contribution in [1.82, 2.24) is 0 Å². The molecule has 0 fully saturated rings. The SMILES string of the molecule is CCCCCCC/C=C\C/C=C\C/C=C\CCCCCCCCCCCCCCCCCCC(=O)OC(COC(=O)CCCCCCCCCCCCCCCCCCCCCCCCCCCCCCCCCCCCC)COP(=O)(O)OCCN. The van der Waals surface area contributed by atoms with Crippen LogP contribution in [-0.4, -0.2) is 49.3 Å². The summed E-state index contributed by atoms with van der Waals surface area (Å²) in [6.45, 7) is 3.82. The average molecular weight is 1250 g/mol. The van der Waals surface area contributed by atoms with Crippen molar-refractivity contribution >= 4 is 19.8 Å². The summed E-state index contributed by atoms with van der Waals surface area (Å²) in [6, 6.07) is 0. The molecule has 0 saturated carbocycles. The number of ether oxygens (including phenoxy) is 2. The highest BCUT2D eigenvalue weighted by atomic mass is 31.2. The number of carbonyl (C=O) groups excluding carboxylic acids is 2. The number of hydrogen-bond donors (Lipinski definition) is 2. The van der Waals surface area contributed by atoms with E-state index < -0.39 is 26.5 Å². The van der Waals surface area contributed by atoms with Crippen LogP contribution in [0.25, 0.3) is 0 Å². The van der Waals surface area contributed by atoms with E-state index >= 15 is 0 Å². The van der Waals surface area contributed by atoms with Crippen LogP contribution in [-0.2, 0) is 32.7 Å². The van der Waals surface area contributed by atoms with Gasteiger partial charge in [-0.05, 0) is 51.4 Å². The van der Waals surface area contributed by atoms with Gasteiger partial charge >= 0.3 is 19.8 Å². The largest absolute Gasteiger partial charge is 0.472 e. The van der Waals surface area contributed by atoms with Crippen LogP contribution in [0.5, 0.6) is 0 Å². The molecule has 0 aromatic carbocycles. The van der Waals surface area contributed by atoms with Crippen LogP contribution in [0, 0.1) is 0 Å². The maximum atomic E-state index is 12.8. The Morgan fingerprint density at radius 3 is 0.885 bits per heavy atom. The number of unbranched alkanes of at least 4 members (excludes halogenated alkanes) is 55. The third-order valence-corrected chi connectivity index (χ3v) is 18.5. The van der Waals surface area contributed by atoms with Gasteiger partial charge < -0.3 is 20.1 Å². The standard InChI is InChI=1S/C77H148NO8P/c1-3-5-7-9-11-13-15-17-19-21-23-25-27-29-31-33-35-36-37-38-40-41-43-45-47-49-51-53-55-57-59-61-63-65-67-69-76(79)83-73-75(74-85-87(81,82)84-72-71-78)86-77(80)70-68-66-64-62-60-58-56-54-52-50-48-46-44-42-39-34-32-30-28-26-24-22-20-18-16-14-12-10-8-6-4-2/h16,18,22,24,28,30,75H,3-15,17,19-21,23,25-27,29,31-74,78H2,1-2H3,(H,81,82)/b18-16-,24-22-,30-28-. The summed E-state index contributed by atoms with van der Waals surface area (Å²) < 4.78 is 33.3. The number of rotatable bonds is 74. The van der Waals surface area contributed by atoms with Gasteiger partial charge in [-0.2, -0.15) is 0 Å². The molecule has 0 spiro atoms. The predicted molar refractivity (Wildman–Crippen MR) is 377 cm³/mol. The van der Waals surface area contributed by atoms with E-state index in [-0.39, 0.29) is 38.6 Å². The van der Waals surface area contributed by atoms with Crippen molar-refractivity contribution < 1.29 is 37.6 Å². The van der Waals surface area contributed by atoms with Gasteiger partial charge in [-0.3, -0.25) is 18.6 Å². The van der Waals surface area contributed by atoms with Crippen molar-refractivity contribution in [2.24, 2.45) is 5.73 Å². The smallest absolute Gasteiger partial charge is 0.462 e. The molecule has 0 heterocycles. The second kappa shape index (κ2) is 73.3. The molecule has 0 rings (SSSR count). The van der Waals surface area contributed by atoms with Gasteiger partial charge in [-0.25, -0.2) is 4.57 Å². The summed E-state index contributed by atoms with van der Waals surface area (Å²) in [5.74, 6) is -0.804. The Hall–Kier alpha value is -1.77. The van der Waals surface area contributed by atoms with E-state index in [1.165, 1.54) is 334 Å². The van der Waals surface area contributed by atoms with Crippen LogP contribution < -0.4 is 5.73 Å². The molecule has 0 aromatic heterocycles. The van der Waals surface area contributed by atoms with E-state index in [4.69, 9.17) is 24.3 Å². The Morgan fingerprint density at radius 1 is 0.345 bits per heavy atom. The number of phosphoric acid groups is 1. The number of esters is 2. The molecule has 0 amide bonds. The molecule has 0 aliphatic heterocycles. The normalized spacial score (nSPS) is 13.0. The van der Waals surface area contributed by atoms with Crippen molar-refractivity contribution in [1.29, 1.82) is 0 Å². The first-order valence-corrected chi connectivity index (χ1v) is 40.0. The van der Waals surface area contributed by atoms with Crippen molar-refractivity contribution in [3.63, 3.8) is 0 Å². The molecule has 0 radical (unpaired) electrons. The van der Waals surface area contributed by atoms with Crippen LogP contribution in [0.2, 0.25) is 0 Å². The van der Waals surface area contributed by atoms with Crippen LogP contribution in [0.15, 0.2) is 36.5 Å². The van der Waals surface area contributed by atoms with E-state index in [1.807, 2.05) is 0 Å². The Balaban J connectivity index is 3.77. The van der Waals surface area contributed by atoms with Crippen molar-refractivity contribution in [3.8, 4) is 0 Å². The lowest BCUT2D eigenvalue weighted by atomic mass is 10.0. The predicted octanol–water partition coefficient (Wildman–Crippen LogP) is 25.4. The van der Waals surface area contributed by atoms with E-state index in [1.54, 1.807) is 0 Å². The fourth-order valence-electron chi connectivity index (χ4n) is 11.8. The first-order valence-electron chi connectivity index (χ1n) is 38.5. The van der Waals surface area contributed by atoms with Gasteiger partial charge in [0, 0.05) is 19.4 Å². The highest BCUT2D eigenvalue weighted by Gasteiger charge is 2.26. The van der Waals surface area contributed by atoms with Gasteiger partial charge in [0.15, 0.2) is 6.10 Å². The van der Waals surface area contributed by atoms with Gasteiger partial charge in [0.05, 0.1) is 13.2 Å². The minimum absolute atomic E-state index is 0.0559. The Labute approximate surface area is 541 Å². The number of nitrogens with two attached hydrogens (primary N) is 1. The third-order valence-electron chi connectivity index (χ3n) is 17.5. The molecule has 3 N–H and O–H groups in total. The quantitative estimate of drug-likeness (QED) is 0.0264. The highest BCUT2D eigenvalue weighted by molar-refractivity contribution is 7.47. The van der Waals surface area contributed by atoms with Crippen molar-refractivity contribution in [2.75, 3.05) is 26.4 Å². The van der Waals surface area contributed by atoms with Gasteiger partial charge in [0.2, 0.25) is 0 Å². The van der Waals surface area contributed by atoms with Crippen LogP contribution in [0.1, 0.15) is 412 Å². The van der Waals surface area contributed by atoms with Gasteiger partial charge in [-0.1, -0.05) is 384 Å². The molecule has 0 bridgehead atoms. The average Bonchev–Trinajstić information content (AvgIpc) is 3.66. The number of hydrogen-bond acceptors (Lipinski definition) is 8. The number of carbonyl (C=O) groups is 2. The molecular weight excluding hydrogens is 1100 g/mol. The minimum Gasteiger partial charge on any atom is -0.462 e. The fourth-order valence-corrected chi connectivity index (χ4v) is 12.6. The minimum atomic E-state index is -4.39. The molecule has 514 valence electrons. The summed E-state index contributed by atoms with van der Waals surface area (Å²) in [4.78, 5) is 35.4. The lowest BCUT2D eigenvalue weighted by Gasteiger charge is -2.19. The van der Waals surface area contributed by atoms with Crippen LogP contribution >= 0.6 is 7.82 Å². The Kier molecular flexibility index (Phi) is 71.8. The molecule has 87 heavy (non-hydrogen) atoms. The zero-order chi connectivity index (χ0) is 63.0. The maximum absolute atomic E-state index is 12.8. The maximum Gasteiger partial charge on any atom is 0.472 e. The number of allylic oxidation sites excluding steroid dienone is 6. The van der Waals surface area contributed by atoms with E-state index in [9.17, 15) is 19.0 Å². The first kappa shape index (κ1) is 85.2. The number of phosphoric ester groups is 1. The second-order valence-corrected chi connectivity index (χ2v) is 27.7. The molecule has 0 aromatic rings. The van der Waals surface area contributed by atoms with E-state index in [0.717, 1.165) is 44.9 Å². The van der Waals surface area contributed by atoms with E-state index in [2.05, 4.69) is 50.3 Å². The van der Waals surface area contributed by atoms with Crippen LogP contribution in [0.3, 0.4) is 0 Å².